The lowest BCUT2D eigenvalue weighted by atomic mass is 10.2. The van der Waals surface area contributed by atoms with Gasteiger partial charge in [0.15, 0.2) is 0 Å². The quantitative estimate of drug-likeness (QED) is 0.799. The molecule has 0 bridgehead atoms. The molecule has 1 heterocycles. The minimum absolute atomic E-state index is 0.00781. The summed E-state index contributed by atoms with van der Waals surface area (Å²) in [5.74, 6) is 0.191. The van der Waals surface area contributed by atoms with E-state index >= 15 is 0 Å². The van der Waals surface area contributed by atoms with E-state index in [9.17, 15) is 18.0 Å². The fourth-order valence-corrected chi connectivity index (χ4v) is 1.27. The molecule has 0 saturated heterocycles. The number of alkyl halides is 3. The summed E-state index contributed by atoms with van der Waals surface area (Å²) >= 11 is 0. The van der Waals surface area contributed by atoms with Gasteiger partial charge in [-0.2, -0.15) is 13.2 Å². The van der Waals surface area contributed by atoms with Crippen molar-refractivity contribution >= 4 is 11.7 Å². The lowest BCUT2D eigenvalue weighted by Crippen LogP contribution is -2.25. The number of aromatic nitrogens is 1. The second-order valence-corrected chi connectivity index (χ2v) is 3.66. The van der Waals surface area contributed by atoms with Crippen LogP contribution in [0, 0.1) is 0 Å². The zero-order valence-corrected chi connectivity index (χ0v) is 9.84. The maximum atomic E-state index is 11.9. The van der Waals surface area contributed by atoms with E-state index < -0.39 is 18.5 Å². The molecule has 1 amide bonds. The third kappa shape index (κ3) is 5.03. The number of hydrogen-bond acceptors (Lipinski definition) is 3. The zero-order valence-electron chi connectivity index (χ0n) is 9.84. The molecule has 18 heavy (non-hydrogen) atoms. The lowest BCUT2D eigenvalue weighted by molar-refractivity contribution is -0.135. The van der Waals surface area contributed by atoms with Crippen LogP contribution in [0.4, 0.5) is 19.0 Å². The third-order valence-corrected chi connectivity index (χ3v) is 2.20. The average molecular weight is 261 g/mol. The molecule has 4 nitrogen and oxygen atoms in total. The van der Waals surface area contributed by atoms with Crippen molar-refractivity contribution in [3.8, 4) is 0 Å². The van der Waals surface area contributed by atoms with E-state index in [0.29, 0.717) is 11.4 Å². The summed E-state index contributed by atoms with van der Waals surface area (Å²) in [6, 6.07) is 3.17. The number of carbonyl (C=O) groups is 1. The van der Waals surface area contributed by atoms with Gasteiger partial charge >= 0.3 is 6.18 Å². The average Bonchev–Trinajstić information content (AvgIpc) is 2.33. The Bertz CT molecular complexity index is 390. The van der Waals surface area contributed by atoms with E-state index in [0.717, 1.165) is 0 Å². The van der Waals surface area contributed by atoms with Gasteiger partial charge in [-0.1, -0.05) is 0 Å². The van der Waals surface area contributed by atoms with Gasteiger partial charge in [0.2, 0.25) is 0 Å². The van der Waals surface area contributed by atoms with Crippen molar-refractivity contribution in [1.29, 1.82) is 0 Å². The van der Waals surface area contributed by atoms with Crippen LogP contribution in [0.25, 0.3) is 0 Å². The Morgan fingerprint density at radius 3 is 2.61 bits per heavy atom. The summed E-state index contributed by atoms with van der Waals surface area (Å²) in [5, 5.41) is 5.20. The van der Waals surface area contributed by atoms with Crippen LogP contribution in [-0.4, -0.2) is 30.7 Å². The largest absolute Gasteiger partial charge is 0.389 e. The van der Waals surface area contributed by atoms with Crippen molar-refractivity contribution in [2.75, 3.05) is 18.9 Å². The van der Waals surface area contributed by atoms with Crippen LogP contribution in [0.1, 0.15) is 23.2 Å². The SMILES string of the molecule is CNc1ccc(C(=O)NCCCC(F)(F)F)cn1. The standard InChI is InChI=1S/C11H14F3N3O/c1-15-9-4-3-8(7-17-9)10(18)16-6-2-5-11(12,13)14/h3-4,7H,2,5-6H2,1H3,(H,15,17)(H,16,18). The Labute approximate surface area is 103 Å². The van der Waals surface area contributed by atoms with Crippen LogP contribution >= 0.6 is 0 Å². The summed E-state index contributed by atoms with van der Waals surface area (Å²) in [4.78, 5) is 15.4. The van der Waals surface area contributed by atoms with Gasteiger partial charge in [0, 0.05) is 26.2 Å². The molecule has 7 heteroatoms. The Kier molecular flexibility index (Phi) is 4.94. The summed E-state index contributed by atoms with van der Waals surface area (Å²) in [5.41, 5.74) is 0.320. The Hall–Kier alpha value is -1.79. The van der Waals surface area contributed by atoms with Crippen LogP contribution in [0.15, 0.2) is 18.3 Å². The van der Waals surface area contributed by atoms with Gasteiger partial charge in [0.25, 0.3) is 5.91 Å². The smallest absolute Gasteiger partial charge is 0.373 e. The molecule has 0 aliphatic rings. The first-order valence-electron chi connectivity index (χ1n) is 5.41. The van der Waals surface area contributed by atoms with E-state index in [1.54, 1.807) is 19.2 Å². The highest BCUT2D eigenvalue weighted by Gasteiger charge is 2.25. The lowest BCUT2D eigenvalue weighted by Gasteiger charge is -2.07. The van der Waals surface area contributed by atoms with Crippen molar-refractivity contribution in [1.82, 2.24) is 10.3 Å². The predicted molar refractivity (Wildman–Crippen MR) is 61.4 cm³/mol. The van der Waals surface area contributed by atoms with E-state index in [4.69, 9.17) is 0 Å². The number of anilines is 1. The molecular weight excluding hydrogens is 247 g/mol. The molecule has 1 aromatic rings. The minimum atomic E-state index is -4.18. The molecule has 0 aliphatic heterocycles. The van der Waals surface area contributed by atoms with Crippen molar-refractivity contribution in [2.45, 2.75) is 19.0 Å². The molecule has 100 valence electrons. The normalized spacial score (nSPS) is 11.1. The number of nitrogens with zero attached hydrogens (tertiary/aromatic N) is 1. The van der Waals surface area contributed by atoms with Crippen LogP contribution in [0.5, 0.6) is 0 Å². The zero-order chi connectivity index (χ0) is 13.6. The maximum Gasteiger partial charge on any atom is 0.389 e. The first kappa shape index (κ1) is 14.3. The van der Waals surface area contributed by atoms with Crippen LogP contribution in [0.2, 0.25) is 0 Å². The van der Waals surface area contributed by atoms with Crippen molar-refractivity contribution in [2.24, 2.45) is 0 Å². The highest BCUT2D eigenvalue weighted by molar-refractivity contribution is 5.93. The topological polar surface area (TPSA) is 54.0 Å². The molecule has 2 N–H and O–H groups in total. The second kappa shape index (κ2) is 6.23. The summed E-state index contributed by atoms with van der Waals surface area (Å²) in [7, 11) is 1.69. The van der Waals surface area contributed by atoms with Gasteiger partial charge in [-0.15, -0.1) is 0 Å². The monoisotopic (exact) mass is 261 g/mol. The predicted octanol–water partition coefficient (Wildman–Crippen LogP) is 2.20. The van der Waals surface area contributed by atoms with Gasteiger partial charge in [-0.3, -0.25) is 4.79 Å². The highest BCUT2D eigenvalue weighted by Crippen LogP contribution is 2.20. The van der Waals surface area contributed by atoms with Crippen molar-refractivity contribution in [3.63, 3.8) is 0 Å². The molecule has 0 saturated carbocycles. The summed E-state index contributed by atoms with van der Waals surface area (Å²) in [6.07, 6.45) is -3.84. The van der Waals surface area contributed by atoms with E-state index in [1.807, 2.05) is 0 Å². The fourth-order valence-electron chi connectivity index (χ4n) is 1.27. The van der Waals surface area contributed by atoms with E-state index in [-0.39, 0.29) is 13.0 Å². The van der Waals surface area contributed by atoms with Crippen LogP contribution < -0.4 is 10.6 Å². The Balaban J connectivity index is 2.36. The molecule has 0 unspecified atom stereocenters. The molecule has 0 radical (unpaired) electrons. The van der Waals surface area contributed by atoms with Gasteiger partial charge in [0.1, 0.15) is 5.82 Å². The van der Waals surface area contributed by atoms with Crippen molar-refractivity contribution in [3.05, 3.63) is 23.9 Å². The summed E-state index contributed by atoms with van der Waals surface area (Å²) < 4.78 is 35.6. The second-order valence-electron chi connectivity index (χ2n) is 3.66. The Morgan fingerprint density at radius 1 is 1.39 bits per heavy atom. The molecule has 0 aromatic carbocycles. The maximum absolute atomic E-state index is 11.9. The molecule has 0 fully saturated rings. The van der Waals surface area contributed by atoms with Gasteiger partial charge in [0.05, 0.1) is 5.56 Å². The molecular formula is C11H14F3N3O. The van der Waals surface area contributed by atoms with Gasteiger partial charge < -0.3 is 10.6 Å². The number of halogens is 3. The number of hydrogen-bond donors (Lipinski definition) is 2. The number of amides is 1. The number of nitrogens with one attached hydrogen (secondary N) is 2. The number of rotatable bonds is 5. The molecule has 1 rings (SSSR count). The van der Waals surface area contributed by atoms with Crippen LogP contribution in [0.3, 0.4) is 0 Å². The first-order valence-corrected chi connectivity index (χ1v) is 5.41. The number of pyridine rings is 1. The Morgan fingerprint density at radius 2 is 2.11 bits per heavy atom. The van der Waals surface area contributed by atoms with Gasteiger partial charge in [-0.25, -0.2) is 4.98 Å². The van der Waals surface area contributed by atoms with Gasteiger partial charge in [-0.05, 0) is 18.6 Å². The molecule has 1 aromatic heterocycles. The summed E-state index contributed by atoms with van der Waals surface area (Å²) in [6.45, 7) is -0.00781. The molecule has 0 aliphatic carbocycles. The fraction of sp³-hybridized carbons (Fsp3) is 0.455. The van der Waals surface area contributed by atoms with E-state index in [2.05, 4.69) is 15.6 Å². The first-order chi connectivity index (χ1) is 8.42. The molecule has 0 atom stereocenters. The highest BCUT2D eigenvalue weighted by atomic mass is 19.4. The third-order valence-electron chi connectivity index (χ3n) is 2.20. The van der Waals surface area contributed by atoms with Crippen LogP contribution in [-0.2, 0) is 0 Å². The number of carbonyl (C=O) groups excluding carboxylic acids is 1. The minimum Gasteiger partial charge on any atom is -0.373 e. The van der Waals surface area contributed by atoms with Crippen molar-refractivity contribution < 1.29 is 18.0 Å². The van der Waals surface area contributed by atoms with E-state index in [1.165, 1.54) is 6.20 Å². The molecule has 0 spiro atoms.